The largest absolute Gasteiger partial charge is 0.369 e. The third-order valence-electron chi connectivity index (χ3n) is 4.27. The number of hydrogen-bond acceptors (Lipinski definition) is 4. The summed E-state index contributed by atoms with van der Waals surface area (Å²) in [5.74, 6) is 3.52. The van der Waals surface area contributed by atoms with Gasteiger partial charge < -0.3 is 5.32 Å². The lowest BCUT2D eigenvalue weighted by molar-refractivity contribution is 0.340. The molecule has 2 aromatic rings. The van der Waals surface area contributed by atoms with Crippen LogP contribution in [0, 0.1) is 5.92 Å². The molecule has 0 unspecified atom stereocenters. The molecule has 2 heterocycles. The Bertz CT molecular complexity index is 570. The SMILES string of the molecule is CCCNc1nc(C2CCC(C)CC2)nc2sccc12. The van der Waals surface area contributed by atoms with E-state index in [4.69, 9.17) is 9.97 Å². The van der Waals surface area contributed by atoms with Crippen LogP contribution in [0.2, 0.25) is 0 Å². The van der Waals surface area contributed by atoms with Crippen LogP contribution < -0.4 is 5.32 Å². The summed E-state index contributed by atoms with van der Waals surface area (Å²) in [6.45, 7) is 5.51. The Labute approximate surface area is 124 Å². The standard InChI is InChI=1S/C16H23N3S/c1-3-9-17-15-13-8-10-20-16(13)19-14(18-15)12-6-4-11(2)5-7-12/h8,10-12H,3-7,9H2,1-2H3,(H,17,18,19). The minimum atomic E-state index is 0.555. The van der Waals surface area contributed by atoms with Gasteiger partial charge in [-0.25, -0.2) is 9.97 Å². The lowest BCUT2D eigenvalue weighted by atomic mass is 9.82. The molecule has 1 aliphatic rings. The van der Waals surface area contributed by atoms with Gasteiger partial charge in [0, 0.05) is 12.5 Å². The monoisotopic (exact) mass is 289 g/mol. The average Bonchev–Trinajstić information content (AvgIpc) is 2.94. The second kappa shape index (κ2) is 6.08. The van der Waals surface area contributed by atoms with Gasteiger partial charge in [-0.2, -0.15) is 0 Å². The van der Waals surface area contributed by atoms with Gasteiger partial charge in [0.1, 0.15) is 16.5 Å². The van der Waals surface area contributed by atoms with Gasteiger partial charge in [0.2, 0.25) is 0 Å². The Kier molecular flexibility index (Phi) is 4.20. The van der Waals surface area contributed by atoms with E-state index >= 15 is 0 Å². The highest BCUT2D eigenvalue weighted by Crippen LogP contribution is 2.36. The van der Waals surface area contributed by atoms with Gasteiger partial charge in [-0.1, -0.05) is 26.7 Å². The molecule has 0 spiro atoms. The van der Waals surface area contributed by atoms with Crippen molar-refractivity contribution in [3.63, 3.8) is 0 Å². The number of nitrogens with one attached hydrogen (secondary N) is 1. The molecule has 0 bridgehead atoms. The number of hydrogen-bond donors (Lipinski definition) is 1. The van der Waals surface area contributed by atoms with Crippen molar-refractivity contribution in [1.29, 1.82) is 0 Å². The number of aromatic nitrogens is 2. The molecule has 0 atom stereocenters. The van der Waals surface area contributed by atoms with Crippen molar-refractivity contribution >= 4 is 27.4 Å². The summed E-state index contributed by atoms with van der Waals surface area (Å²) in [4.78, 5) is 10.8. The summed E-state index contributed by atoms with van der Waals surface area (Å²) in [6.07, 6.45) is 6.23. The Morgan fingerprint density at radius 1 is 1.25 bits per heavy atom. The molecule has 1 fully saturated rings. The van der Waals surface area contributed by atoms with E-state index in [9.17, 15) is 0 Å². The highest BCUT2D eigenvalue weighted by atomic mass is 32.1. The molecule has 3 rings (SSSR count). The summed E-state index contributed by atoms with van der Waals surface area (Å²) in [7, 11) is 0. The summed E-state index contributed by atoms with van der Waals surface area (Å²) in [5, 5.41) is 6.76. The molecular formula is C16H23N3S. The number of nitrogens with zero attached hydrogens (tertiary/aromatic N) is 2. The van der Waals surface area contributed by atoms with Gasteiger partial charge in [0.05, 0.1) is 5.39 Å². The van der Waals surface area contributed by atoms with Crippen molar-refractivity contribution in [2.24, 2.45) is 5.92 Å². The van der Waals surface area contributed by atoms with Gasteiger partial charge in [-0.15, -0.1) is 11.3 Å². The minimum Gasteiger partial charge on any atom is -0.369 e. The number of thiophene rings is 1. The van der Waals surface area contributed by atoms with Gasteiger partial charge in [0.15, 0.2) is 0 Å². The molecule has 0 aliphatic heterocycles. The molecule has 1 saturated carbocycles. The van der Waals surface area contributed by atoms with Crippen molar-refractivity contribution < 1.29 is 0 Å². The van der Waals surface area contributed by atoms with Crippen molar-refractivity contribution in [3.8, 4) is 0 Å². The maximum atomic E-state index is 4.84. The van der Waals surface area contributed by atoms with E-state index in [-0.39, 0.29) is 0 Å². The molecular weight excluding hydrogens is 266 g/mol. The van der Waals surface area contributed by atoms with Crippen molar-refractivity contribution in [3.05, 3.63) is 17.3 Å². The maximum Gasteiger partial charge on any atom is 0.138 e. The van der Waals surface area contributed by atoms with E-state index in [1.165, 1.54) is 31.1 Å². The zero-order valence-corrected chi connectivity index (χ0v) is 13.2. The molecule has 108 valence electrons. The minimum absolute atomic E-state index is 0.555. The van der Waals surface area contributed by atoms with Gasteiger partial charge >= 0.3 is 0 Å². The lowest BCUT2D eigenvalue weighted by Crippen LogP contribution is -2.14. The van der Waals surface area contributed by atoms with E-state index in [0.29, 0.717) is 5.92 Å². The second-order valence-corrected chi connectivity index (χ2v) is 6.85. The molecule has 20 heavy (non-hydrogen) atoms. The molecule has 0 amide bonds. The Balaban J connectivity index is 1.90. The zero-order valence-electron chi connectivity index (χ0n) is 12.4. The summed E-state index contributed by atoms with van der Waals surface area (Å²) in [5.41, 5.74) is 0. The first-order valence-corrected chi connectivity index (χ1v) is 8.65. The zero-order chi connectivity index (χ0) is 13.9. The van der Waals surface area contributed by atoms with E-state index in [2.05, 4.69) is 30.6 Å². The van der Waals surface area contributed by atoms with Gasteiger partial charge in [-0.05, 0) is 36.6 Å². The van der Waals surface area contributed by atoms with Crippen LogP contribution in [0.3, 0.4) is 0 Å². The van der Waals surface area contributed by atoms with Gasteiger partial charge in [0.25, 0.3) is 0 Å². The van der Waals surface area contributed by atoms with E-state index in [1.807, 2.05) is 0 Å². The van der Waals surface area contributed by atoms with Crippen LogP contribution in [0.5, 0.6) is 0 Å². The number of fused-ring (bicyclic) bond motifs is 1. The van der Waals surface area contributed by atoms with Crippen LogP contribution in [0.15, 0.2) is 11.4 Å². The topological polar surface area (TPSA) is 37.8 Å². The summed E-state index contributed by atoms with van der Waals surface area (Å²) < 4.78 is 0. The fourth-order valence-electron chi connectivity index (χ4n) is 2.95. The third kappa shape index (κ3) is 2.80. The molecule has 1 aliphatic carbocycles. The first-order valence-electron chi connectivity index (χ1n) is 7.77. The van der Waals surface area contributed by atoms with Crippen molar-refractivity contribution in [2.75, 3.05) is 11.9 Å². The van der Waals surface area contributed by atoms with Crippen LogP contribution >= 0.6 is 11.3 Å². The molecule has 4 heteroatoms. The van der Waals surface area contributed by atoms with E-state index in [0.717, 1.165) is 35.4 Å². The van der Waals surface area contributed by atoms with Crippen LogP contribution in [0.25, 0.3) is 10.2 Å². The molecule has 1 N–H and O–H groups in total. The predicted octanol–water partition coefficient (Wildman–Crippen LogP) is 4.81. The highest BCUT2D eigenvalue weighted by molar-refractivity contribution is 7.16. The smallest absolute Gasteiger partial charge is 0.138 e. The molecule has 0 aromatic carbocycles. The molecule has 0 radical (unpaired) electrons. The summed E-state index contributed by atoms with van der Waals surface area (Å²) in [6, 6.07) is 2.13. The van der Waals surface area contributed by atoms with E-state index in [1.54, 1.807) is 11.3 Å². The Morgan fingerprint density at radius 3 is 2.80 bits per heavy atom. The number of anilines is 1. The van der Waals surface area contributed by atoms with Crippen LogP contribution in [0.4, 0.5) is 5.82 Å². The maximum absolute atomic E-state index is 4.84. The van der Waals surface area contributed by atoms with Crippen molar-refractivity contribution in [1.82, 2.24) is 9.97 Å². The Morgan fingerprint density at radius 2 is 2.05 bits per heavy atom. The van der Waals surface area contributed by atoms with Crippen LogP contribution in [-0.4, -0.2) is 16.5 Å². The Hall–Kier alpha value is -1.16. The van der Waals surface area contributed by atoms with Gasteiger partial charge in [-0.3, -0.25) is 0 Å². The first kappa shape index (κ1) is 13.8. The average molecular weight is 289 g/mol. The van der Waals surface area contributed by atoms with Crippen LogP contribution in [0.1, 0.15) is 57.7 Å². The normalized spacial score (nSPS) is 23.1. The lowest BCUT2D eigenvalue weighted by Gasteiger charge is -2.25. The fourth-order valence-corrected chi connectivity index (χ4v) is 3.72. The summed E-state index contributed by atoms with van der Waals surface area (Å²) >= 11 is 1.72. The fraction of sp³-hybridized carbons (Fsp3) is 0.625. The number of rotatable bonds is 4. The predicted molar refractivity (Wildman–Crippen MR) is 86.6 cm³/mol. The molecule has 2 aromatic heterocycles. The van der Waals surface area contributed by atoms with E-state index < -0.39 is 0 Å². The first-order chi connectivity index (χ1) is 9.78. The third-order valence-corrected chi connectivity index (χ3v) is 5.07. The molecule has 3 nitrogen and oxygen atoms in total. The second-order valence-electron chi connectivity index (χ2n) is 5.95. The van der Waals surface area contributed by atoms with Crippen LogP contribution in [-0.2, 0) is 0 Å². The molecule has 0 saturated heterocycles. The van der Waals surface area contributed by atoms with Crippen molar-refractivity contribution in [2.45, 2.75) is 51.9 Å². The quantitative estimate of drug-likeness (QED) is 0.878. The highest BCUT2D eigenvalue weighted by Gasteiger charge is 2.23.